The Balaban J connectivity index is 1.72. The van der Waals surface area contributed by atoms with Gasteiger partial charge in [-0.15, -0.1) is 0 Å². The molecule has 0 aliphatic carbocycles. The zero-order valence-electron chi connectivity index (χ0n) is 17.0. The topological polar surface area (TPSA) is 85.9 Å². The minimum absolute atomic E-state index is 0.00309. The van der Waals surface area contributed by atoms with Gasteiger partial charge in [0.1, 0.15) is 0 Å². The second-order valence-electron chi connectivity index (χ2n) is 6.82. The summed E-state index contributed by atoms with van der Waals surface area (Å²) in [6.07, 6.45) is 1.86. The van der Waals surface area contributed by atoms with E-state index >= 15 is 0 Å². The number of halogens is 2. The van der Waals surface area contributed by atoms with Gasteiger partial charge in [-0.1, -0.05) is 12.1 Å². The van der Waals surface area contributed by atoms with E-state index in [-0.39, 0.29) is 35.7 Å². The van der Waals surface area contributed by atoms with Crippen molar-refractivity contribution in [2.24, 2.45) is 0 Å². The largest absolute Gasteiger partial charge is 0.490 e. The molecule has 1 atom stereocenters. The van der Waals surface area contributed by atoms with Gasteiger partial charge in [0.15, 0.2) is 11.5 Å². The third-order valence-corrected chi connectivity index (χ3v) is 4.66. The van der Waals surface area contributed by atoms with Crippen molar-refractivity contribution >= 4 is 17.5 Å². The highest BCUT2D eigenvalue weighted by Gasteiger charge is 2.19. The van der Waals surface area contributed by atoms with Crippen molar-refractivity contribution in [2.45, 2.75) is 32.5 Å². The van der Waals surface area contributed by atoms with Crippen LogP contribution in [0.2, 0.25) is 0 Å². The Morgan fingerprint density at radius 1 is 1.16 bits per heavy atom. The van der Waals surface area contributed by atoms with Crippen LogP contribution >= 0.6 is 0 Å². The fourth-order valence-electron chi connectivity index (χ4n) is 3.20. The SMILES string of the molecule is CCOc1cc(C(=O)Nc2ccccc2C(=O)NC[C@H]2CCCO2)ccc1OC(F)F. The molecule has 0 bridgehead atoms. The first kappa shape index (κ1) is 22.5. The van der Waals surface area contributed by atoms with Crippen LogP contribution in [0.5, 0.6) is 11.5 Å². The summed E-state index contributed by atoms with van der Waals surface area (Å²) in [6, 6.07) is 10.5. The van der Waals surface area contributed by atoms with Crippen molar-refractivity contribution in [1.29, 1.82) is 0 Å². The van der Waals surface area contributed by atoms with E-state index in [0.29, 0.717) is 24.4 Å². The highest BCUT2D eigenvalue weighted by atomic mass is 19.3. The number of anilines is 1. The van der Waals surface area contributed by atoms with Crippen LogP contribution in [-0.4, -0.2) is 44.3 Å². The van der Waals surface area contributed by atoms with E-state index in [1.54, 1.807) is 31.2 Å². The standard InChI is InChI=1S/C22H24F2N2O5/c1-2-29-19-12-14(9-10-18(19)31-22(23)24)20(27)26-17-8-4-3-7-16(17)21(28)25-13-15-6-5-11-30-15/h3-4,7-10,12,15,22H,2,5-6,11,13H2,1H3,(H,25,28)(H,26,27)/t15-/m1/s1. The Labute approximate surface area is 178 Å². The zero-order chi connectivity index (χ0) is 22.2. The molecule has 166 valence electrons. The summed E-state index contributed by atoms with van der Waals surface area (Å²) in [5.74, 6) is -0.994. The molecule has 0 spiro atoms. The molecule has 0 saturated carbocycles. The summed E-state index contributed by atoms with van der Waals surface area (Å²) in [5.41, 5.74) is 0.791. The number of rotatable bonds is 9. The quantitative estimate of drug-likeness (QED) is 0.626. The third-order valence-electron chi connectivity index (χ3n) is 4.66. The predicted octanol–water partition coefficient (Wildman–Crippen LogP) is 3.85. The van der Waals surface area contributed by atoms with Crippen LogP contribution in [0.1, 0.15) is 40.5 Å². The average Bonchev–Trinajstić information content (AvgIpc) is 3.27. The first-order valence-electron chi connectivity index (χ1n) is 9.99. The van der Waals surface area contributed by atoms with E-state index in [1.165, 1.54) is 18.2 Å². The molecule has 0 aromatic heterocycles. The van der Waals surface area contributed by atoms with E-state index < -0.39 is 12.5 Å². The molecule has 2 amide bonds. The molecule has 2 aromatic carbocycles. The molecule has 1 aliphatic heterocycles. The minimum atomic E-state index is -3.01. The molecule has 2 aromatic rings. The molecule has 1 saturated heterocycles. The lowest BCUT2D eigenvalue weighted by Crippen LogP contribution is -2.32. The van der Waals surface area contributed by atoms with Crippen LogP contribution in [0, 0.1) is 0 Å². The number of amides is 2. The van der Waals surface area contributed by atoms with Gasteiger partial charge in [0.2, 0.25) is 0 Å². The van der Waals surface area contributed by atoms with Crippen LogP contribution in [0.4, 0.5) is 14.5 Å². The van der Waals surface area contributed by atoms with E-state index in [4.69, 9.17) is 9.47 Å². The van der Waals surface area contributed by atoms with Crippen molar-refractivity contribution in [3.05, 3.63) is 53.6 Å². The third kappa shape index (κ3) is 6.14. The molecule has 1 fully saturated rings. The Morgan fingerprint density at radius 3 is 2.68 bits per heavy atom. The number of benzene rings is 2. The lowest BCUT2D eigenvalue weighted by molar-refractivity contribution is -0.0514. The van der Waals surface area contributed by atoms with Crippen molar-refractivity contribution in [2.75, 3.05) is 25.1 Å². The molecule has 31 heavy (non-hydrogen) atoms. The van der Waals surface area contributed by atoms with Gasteiger partial charge in [0.05, 0.1) is 24.0 Å². The van der Waals surface area contributed by atoms with Crippen molar-refractivity contribution in [3.8, 4) is 11.5 Å². The molecular weight excluding hydrogens is 410 g/mol. The van der Waals surface area contributed by atoms with Gasteiger partial charge in [-0.2, -0.15) is 8.78 Å². The van der Waals surface area contributed by atoms with Gasteiger partial charge < -0.3 is 24.8 Å². The molecular formula is C22H24F2N2O5. The van der Waals surface area contributed by atoms with Gasteiger partial charge in [0.25, 0.3) is 11.8 Å². The van der Waals surface area contributed by atoms with E-state index in [0.717, 1.165) is 12.8 Å². The summed E-state index contributed by atoms with van der Waals surface area (Å²) < 4.78 is 40.4. The first-order valence-corrected chi connectivity index (χ1v) is 9.99. The van der Waals surface area contributed by atoms with Crippen LogP contribution in [-0.2, 0) is 4.74 Å². The van der Waals surface area contributed by atoms with Gasteiger partial charge in [-0.3, -0.25) is 9.59 Å². The van der Waals surface area contributed by atoms with Crippen LogP contribution in [0.3, 0.4) is 0 Å². The van der Waals surface area contributed by atoms with Crippen LogP contribution in [0.15, 0.2) is 42.5 Å². The Bertz CT molecular complexity index is 917. The average molecular weight is 434 g/mol. The van der Waals surface area contributed by atoms with Crippen LogP contribution < -0.4 is 20.1 Å². The van der Waals surface area contributed by atoms with Gasteiger partial charge in [-0.25, -0.2) is 0 Å². The normalized spacial score (nSPS) is 15.5. The number of ether oxygens (including phenoxy) is 3. The smallest absolute Gasteiger partial charge is 0.387 e. The fourth-order valence-corrected chi connectivity index (χ4v) is 3.20. The number of para-hydroxylation sites is 1. The maximum Gasteiger partial charge on any atom is 0.387 e. The molecule has 1 heterocycles. The predicted molar refractivity (Wildman–Crippen MR) is 110 cm³/mol. The first-order chi connectivity index (χ1) is 15.0. The summed E-state index contributed by atoms with van der Waals surface area (Å²) in [6.45, 7) is -0.0375. The Hall–Kier alpha value is -3.20. The zero-order valence-corrected chi connectivity index (χ0v) is 17.0. The summed E-state index contributed by atoms with van der Waals surface area (Å²) >= 11 is 0. The lowest BCUT2D eigenvalue weighted by atomic mass is 10.1. The molecule has 1 aliphatic rings. The lowest BCUT2D eigenvalue weighted by Gasteiger charge is -2.15. The van der Waals surface area contributed by atoms with Crippen LogP contribution in [0.25, 0.3) is 0 Å². The number of alkyl halides is 2. The second kappa shape index (κ2) is 10.7. The molecule has 7 nitrogen and oxygen atoms in total. The Kier molecular flexibility index (Phi) is 7.77. The highest BCUT2D eigenvalue weighted by molar-refractivity contribution is 6.09. The van der Waals surface area contributed by atoms with E-state index in [1.807, 2.05) is 0 Å². The number of nitrogens with one attached hydrogen (secondary N) is 2. The van der Waals surface area contributed by atoms with Gasteiger partial charge >= 0.3 is 6.61 Å². The fraction of sp³-hybridized carbons (Fsp3) is 0.364. The van der Waals surface area contributed by atoms with Crippen molar-refractivity contribution < 1.29 is 32.6 Å². The Morgan fingerprint density at radius 2 is 1.97 bits per heavy atom. The van der Waals surface area contributed by atoms with Gasteiger partial charge in [0, 0.05) is 18.7 Å². The summed E-state index contributed by atoms with van der Waals surface area (Å²) in [5, 5.41) is 5.51. The number of hydrogen-bond acceptors (Lipinski definition) is 5. The maximum absolute atomic E-state index is 12.7. The number of carbonyl (C=O) groups excluding carboxylic acids is 2. The van der Waals surface area contributed by atoms with Crippen molar-refractivity contribution in [1.82, 2.24) is 5.32 Å². The molecule has 9 heteroatoms. The monoisotopic (exact) mass is 434 g/mol. The van der Waals surface area contributed by atoms with Gasteiger partial charge in [-0.05, 0) is 50.1 Å². The molecule has 0 unspecified atom stereocenters. The van der Waals surface area contributed by atoms with E-state index in [9.17, 15) is 18.4 Å². The number of carbonyl (C=O) groups is 2. The number of hydrogen-bond donors (Lipinski definition) is 2. The second-order valence-corrected chi connectivity index (χ2v) is 6.82. The summed E-state index contributed by atoms with van der Waals surface area (Å²) in [7, 11) is 0. The summed E-state index contributed by atoms with van der Waals surface area (Å²) in [4.78, 5) is 25.3. The highest BCUT2D eigenvalue weighted by Crippen LogP contribution is 2.30. The van der Waals surface area contributed by atoms with Crippen molar-refractivity contribution in [3.63, 3.8) is 0 Å². The molecule has 2 N–H and O–H groups in total. The minimum Gasteiger partial charge on any atom is -0.490 e. The maximum atomic E-state index is 12.7. The van der Waals surface area contributed by atoms with E-state index in [2.05, 4.69) is 15.4 Å². The molecule has 3 rings (SSSR count). The molecule has 0 radical (unpaired) electrons.